The fourth-order valence-electron chi connectivity index (χ4n) is 1.83. The maximum absolute atomic E-state index is 13.2. The van der Waals surface area contributed by atoms with Gasteiger partial charge in [-0.25, -0.2) is 8.78 Å². The molecule has 1 aliphatic rings. The Kier molecular flexibility index (Phi) is 4.45. The summed E-state index contributed by atoms with van der Waals surface area (Å²) in [7, 11) is 0. The Balaban J connectivity index is 1.84. The molecular formula is C14H15F2NO. The summed E-state index contributed by atoms with van der Waals surface area (Å²) < 4.78 is 25.9. The molecule has 0 aliphatic heterocycles. The molecular weight excluding hydrogens is 236 g/mol. The minimum Gasteiger partial charge on any atom is -0.391 e. The van der Waals surface area contributed by atoms with Crippen molar-refractivity contribution in [1.82, 2.24) is 0 Å². The van der Waals surface area contributed by atoms with E-state index in [4.69, 9.17) is 4.84 Å². The van der Waals surface area contributed by atoms with Gasteiger partial charge >= 0.3 is 0 Å². The van der Waals surface area contributed by atoms with Gasteiger partial charge in [0.2, 0.25) is 0 Å². The normalized spacial score (nSPS) is 15.8. The van der Waals surface area contributed by atoms with E-state index < -0.39 is 11.6 Å². The Hall–Kier alpha value is -1.71. The second-order valence-electron chi connectivity index (χ2n) is 4.27. The zero-order valence-corrected chi connectivity index (χ0v) is 10.0. The Morgan fingerprint density at radius 2 is 2.17 bits per heavy atom. The molecule has 0 radical (unpaired) electrons. The highest BCUT2D eigenvalue weighted by molar-refractivity contribution is 5.78. The molecule has 0 aromatic heterocycles. The summed E-state index contributed by atoms with van der Waals surface area (Å²) in [6.45, 7) is 0.00981. The number of benzene rings is 1. The zero-order chi connectivity index (χ0) is 12.8. The summed E-state index contributed by atoms with van der Waals surface area (Å²) >= 11 is 0. The monoisotopic (exact) mass is 251 g/mol. The van der Waals surface area contributed by atoms with Crippen LogP contribution >= 0.6 is 0 Å². The van der Waals surface area contributed by atoms with E-state index in [1.54, 1.807) is 6.21 Å². The van der Waals surface area contributed by atoms with Crippen molar-refractivity contribution in [3.05, 3.63) is 47.0 Å². The summed E-state index contributed by atoms with van der Waals surface area (Å²) in [5.74, 6) is -1.20. The van der Waals surface area contributed by atoms with Crippen LogP contribution in [0.2, 0.25) is 0 Å². The van der Waals surface area contributed by atoms with Crippen LogP contribution in [0, 0.1) is 11.6 Å². The lowest BCUT2D eigenvalue weighted by atomic mass is 10.0. The van der Waals surface area contributed by atoms with E-state index in [0.717, 1.165) is 24.5 Å². The van der Waals surface area contributed by atoms with Crippen LogP contribution in [0.4, 0.5) is 8.78 Å². The van der Waals surface area contributed by atoms with Crippen molar-refractivity contribution in [2.24, 2.45) is 5.16 Å². The Labute approximate surface area is 105 Å². The number of nitrogens with zero attached hydrogens (tertiary/aromatic N) is 1. The molecule has 1 aliphatic carbocycles. The summed E-state index contributed by atoms with van der Waals surface area (Å²) in [4.78, 5) is 5.01. The zero-order valence-electron chi connectivity index (χ0n) is 10.0. The van der Waals surface area contributed by atoms with E-state index in [1.165, 1.54) is 25.0 Å². The van der Waals surface area contributed by atoms with E-state index in [1.807, 2.05) is 0 Å². The third kappa shape index (κ3) is 3.65. The summed E-state index contributed by atoms with van der Waals surface area (Å²) in [6, 6.07) is 3.40. The molecule has 1 aromatic rings. The Bertz CT molecular complexity index is 469. The van der Waals surface area contributed by atoms with E-state index in [0.29, 0.717) is 5.56 Å². The van der Waals surface area contributed by atoms with Crippen molar-refractivity contribution in [2.45, 2.75) is 32.3 Å². The average Bonchev–Trinajstić information content (AvgIpc) is 2.38. The number of rotatable bonds is 4. The predicted molar refractivity (Wildman–Crippen MR) is 66.2 cm³/mol. The fraction of sp³-hybridized carbons (Fsp3) is 0.357. The highest BCUT2D eigenvalue weighted by Gasteiger charge is 2.04. The van der Waals surface area contributed by atoms with Gasteiger partial charge in [-0.2, -0.15) is 0 Å². The van der Waals surface area contributed by atoms with Gasteiger partial charge in [0.25, 0.3) is 0 Å². The lowest BCUT2D eigenvalue weighted by Crippen LogP contribution is -1.95. The highest BCUT2D eigenvalue weighted by atomic mass is 19.1. The smallest absolute Gasteiger partial charge is 0.145 e. The average molecular weight is 251 g/mol. The number of halogens is 2. The lowest BCUT2D eigenvalue weighted by Gasteiger charge is -2.07. The minimum absolute atomic E-state index is 0.00981. The van der Waals surface area contributed by atoms with Gasteiger partial charge in [0.1, 0.15) is 18.2 Å². The van der Waals surface area contributed by atoms with Crippen LogP contribution in [-0.4, -0.2) is 6.21 Å². The van der Waals surface area contributed by atoms with Gasteiger partial charge in [-0.15, -0.1) is 0 Å². The summed E-state index contributed by atoms with van der Waals surface area (Å²) in [5.41, 5.74) is 1.45. The van der Waals surface area contributed by atoms with E-state index in [2.05, 4.69) is 11.2 Å². The van der Waals surface area contributed by atoms with E-state index in [-0.39, 0.29) is 6.61 Å². The molecule has 0 saturated heterocycles. The van der Waals surface area contributed by atoms with Crippen molar-refractivity contribution in [1.29, 1.82) is 0 Å². The van der Waals surface area contributed by atoms with Gasteiger partial charge in [0.05, 0.1) is 6.21 Å². The quantitative estimate of drug-likeness (QED) is 0.586. The second kappa shape index (κ2) is 6.28. The first kappa shape index (κ1) is 12.7. The molecule has 0 N–H and O–H groups in total. The second-order valence-corrected chi connectivity index (χ2v) is 4.27. The molecule has 4 heteroatoms. The number of allylic oxidation sites excluding steroid dienone is 2. The minimum atomic E-state index is -0.609. The predicted octanol–water partition coefficient (Wildman–Crippen LogP) is 3.97. The number of oxime groups is 1. The Morgan fingerprint density at radius 3 is 2.89 bits per heavy atom. The van der Waals surface area contributed by atoms with Crippen molar-refractivity contribution in [3.63, 3.8) is 0 Å². The maximum atomic E-state index is 13.2. The lowest BCUT2D eigenvalue weighted by molar-refractivity contribution is 0.129. The number of hydrogen-bond acceptors (Lipinski definition) is 2. The largest absolute Gasteiger partial charge is 0.391 e. The van der Waals surface area contributed by atoms with Crippen molar-refractivity contribution in [2.75, 3.05) is 0 Å². The van der Waals surface area contributed by atoms with Crippen LogP contribution in [0.3, 0.4) is 0 Å². The Morgan fingerprint density at radius 1 is 1.28 bits per heavy atom. The number of hydrogen-bond donors (Lipinski definition) is 0. The molecule has 1 aromatic carbocycles. The SMILES string of the molecule is Fc1ccc(CON=CC2=CCCCC2)c(F)c1. The van der Waals surface area contributed by atoms with Gasteiger partial charge in [0.15, 0.2) is 0 Å². The third-order valence-electron chi connectivity index (χ3n) is 2.85. The molecule has 0 saturated carbocycles. The van der Waals surface area contributed by atoms with Crippen LogP contribution < -0.4 is 0 Å². The van der Waals surface area contributed by atoms with Crippen LogP contribution in [-0.2, 0) is 11.4 Å². The van der Waals surface area contributed by atoms with Crippen LogP contribution in [0.5, 0.6) is 0 Å². The van der Waals surface area contributed by atoms with Crippen LogP contribution in [0.1, 0.15) is 31.2 Å². The van der Waals surface area contributed by atoms with E-state index in [9.17, 15) is 8.78 Å². The molecule has 0 heterocycles. The molecule has 0 amide bonds. The van der Waals surface area contributed by atoms with Crippen molar-refractivity contribution in [3.8, 4) is 0 Å². The molecule has 2 nitrogen and oxygen atoms in total. The van der Waals surface area contributed by atoms with Crippen LogP contribution in [0.25, 0.3) is 0 Å². The maximum Gasteiger partial charge on any atom is 0.145 e. The molecule has 0 unspecified atom stereocenters. The molecule has 0 spiro atoms. The standard InChI is InChI=1S/C14H15F2NO/c15-13-7-6-12(14(16)8-13)10-18-17-9-11-4-2-1-3-5-11/h4,6-9H,1-3,5,10H2. The van der Waals surface area contributed by atoms with E-state index >= 15 is 0 Å². The van der Waals surface area contributed by atoms with Gasteiger partial charge in [-0.1, -0.05) is 11.2 Å². The molecule has 0 atom stereocenters. The van der Waals surface area contributed by atoms with Gasteiger partial charge in [-0.05, 0) is 43.4 Å². The first-order chi connectivity index (χ1) is 8.75. The first-order valence-corrected chi connectivity index (χ1v) is 6.04. The summed E-state index contributed by atoms with van der Waals surface area (Å²) in [5, 5.41) is 3.80. The molecule has 0 bridgehead atoms. The van der Waals surface area contributed by atoms with Gasteiger partial charge in [-0.3, -0.25) is 0 Å². The highest BCUT2D eigenvalue weighted by Crippen LogP contribution is 2.15. The van der Waals surface area contributed by atoms with Crippen molar-refractivity contribution >= 4 is 6.21 Å². The molecule has 0 fully saturated rings. The van der Waals surface area contributed by atoms with Crippen molar-refractivity contribution < 1.29 is 13.6 Å². The topological polar surface area (TPSA) is 21.6 Å². The van der Waals surface area contributed by atoms with Crippen LogP contribution in [0.15, 0.2) is 35.0 Å². The molecule has 96 valence electrons. The molecule has 2 rings (SSSR count). The third-order valence-corrected chi connectivity index (χ3v) is 2.85. The van der Waals surface area contributed by atoms with Gasteiger partial charge in [0, 0.05) is 11.6 Å². The fourth-order valence-corrected chi connectivity index (χ4v) is 1.83. The first-order valence-electron chi connectivity index (χ1n) is 6.04. The van der Waals surface area contributed by atoms with Gasteiger partial charge < -0.3 is 4.84 Å². The summed E-state index contributed by atoms with van der Waals surface area (Å²) in [6.07, 6.45) is 8.28. The molecule has 18 heavy (non-hydrogen) atoms.